The van der Waals surface area contributed by atoms with Crippen LogP contribution >= 0.6 is 23.2 Å². The molecule has 0 spiro atoms. The minimum Gasteiger partial charge on any atom is -0.480 e. The lowest BCUT2D eigenvalue weighted by atomic mass is 10.2. The number of aliphatic hydroxyl groups excluding tert-OH is 1. The number of nitrogens with zero attached hydrogens (tertiary/aromatic N) is 10. The SMILES string of the molecule is COc1nnc(Cn2cnc(C(F)(F)F)c(Oc3cc(Cl)cc(C#N)c3)c2=O)cc1CO.COc1nnc(Cn2cnc(C(F)(F)F)c(Oc3cc(Cl)cc(C#N)c3)c2=O)cc1COC(C)(C)C. The van der Waals surface area contributed by atoms with Crippen molar-refractivity contribution in [2.45, 2.75) is 65.0 Å². The fourth-order valence-electron chi connectivity index (χ4n) is 5.65. The molecule has 0 saturated heterocycles. The number of aliphatic hydroxyl groups is 1. The molecule has 68 heavy (non-hydrogen) atoms. The van der Waals surface area contributed by atoms with Crippen LogP contribution in [0.2, 0.25) is 10.0 Å². The number of methoxy groups -OCH3 is 2. The molecule has 6 rings (SSSR count). The Morgan fingerprint density at radius 2 is 1.06 bits per heavy atom. The maximum Gasteiger partial charge on any atom is 0.437 e. The van der Waals surface area contributed by atoms with E-state index in [-0.39, 0.29) is 81.1 Å². The zero-order valence-electron chi connectivity index (χ0n) is 35.9. The van der Waals surface area contributed by atoms with E-state index in [4.69, 9.17) is 57.4 Å². The lowest BCUT2D eigenvalue weighted by Crippen LogP contribution is -2.27. The van der Waals surface area contributed by atoms with Crippen LogP contribution in [0.5, 0.6) is 34.8 Å². The molecule has 0 saturated carbocycles. The van der Waals surface area contributed by atoms with E-state index in [1.807, 2.05) is 26.8 Å². The number of hydrogen-bond acceptors (Lipinski definition) is 16. The summed E-state index contributed by atoms with van der Waals surface area (Å²) in [6.45, 7) is 4.70. The summed E-state index contributed by atoms with van der Waals surface area (Å²) in [5, 5.41) is 43.1. The van der Waals surface area contributed by atoms with Crippen molar-refractivity contribution < 1.29 is 55.1 Å². The molecule has 0 fully saturated rings. The van der Waals surface area contributed by atoms with Gasteiger partial charge in [-0.15, -0.1) is 20.4 Å². The van der Waals surface area contributed by atoms with Crippen LogP contribution in [0.1, 0.15) is 65.8 Å². The van der Waals surface area contributed by atoms with Gasteiger partial charge in [-0.25, -0.2) is 9.97 Å². The third-order valence-corrected chi connectivity index (χ3v) is 9.06. The number of benzene rings is 2. The van der Waals surface area contributed by atoms with E-state index >= 15 is 0 Å². The van der Waals surface area contributed by atoms with Gasteiger partial charge in [-0.2, -0.15) is 36.9 Å². The van der Waals surface area contributed by atoms with Gasteiger partial charge in [0.2, 0.25) is 23.3 Å². The summed E-state index contributed by atoms with van der Waals surface area (Å²) in [5.41, 5.74) is -4.56. The third-order valence-electron chi connectivity index (χ3n) is 8.62. The highest BCUT2D eigenvalue weighted by molar-refractivity contribution is 6.31. The Kier molecular flexibility index (Phi) is 16.3. The molecule has 0 radical (unpaired) electrons. The predicted octanol–water partition coefficient (Wildman–Crippen LogP) is 7.66. The van der Waals surface area contributed by atoms with Gasteiger partial charge in [0.25, 0.3) is 11.1 Å². The molecule has 0 aliphatic rings. The number of ether oxygens (including phenoxy) is 5. The predicted molar refractivity (Wildman–Crippen MR) is 225 cm³/mol. The van der Waals surface area contributed by atoms with Crippen LogP contribution < -0.4 is 30.1 Å². The van der Waals surface area contributed by atoms with Crippen LogP contribution in [0.4, 0.5) is 26.3 Å². The first-order valence-electron chi connectivity index (χ1n) is 19.1. The molecule has 0 aliphatic heterocycles. The Labute approximate surface area is 390 Å². The zero-order chi connectivity index (χ0) is 50.1. The minimum atomic E-state index is -4.99. The molecular formula is C42H34Cl2F6N10O8. The fourth-order valence-corrected chi connectivity index (χ4v) is 6.10. The summed E-state index contributed by atoms with van der Waals surface area (Å²) in [6.07, 6.45) is -8.54. The molecule has 4 aromatic heterocycles. The number of alkyl halides is 6. The van der Waals surface area contributed by atoms with E-state index in [1.54, 1.807) is 12.1 Å². The maximum atomic E-state index is 13.6. The quantitative estimate of drug-likeness (QED) is 0.109. The van der Waals surface area contributed by atoms with Crippen molar-refractivity contribution in [3.63, 3.8) is 0 Å². The van der Waals surface area contributed by atoms with E-state index < -0.39 is 58.6 Å². The van der Waals surface area contributed by atoms with Crippen molar-refractivity contribution in [3.8, 4) is 46.9 Å². The second-order valence-corrected chi connectivity index (χ2v) is 15.7. The summed E-state index contributed by atoms with van der Waals surface area (Å²) in [5.74, 6) is -2.38. The molecular weight excluding hydrogens is 957 g/mol. The molecule has 0 unspecified atom stereocenters. The molecule has 1 N–H and O–H groups in total. The van der Waals surface area contributed by atoms with Gasteiger partial charge in [-0.05, 0) is 69.3 Å². The fraction of sp³-hybridized carbons (Fsp3) is 0.286. The van der Waals surface area contributed by atoms with Crippen molar-refractivity contribution in [3.05, 3.63) is 137 Å². The van der Waals surface area contributed by atoms with Crippen LogP contribution in [0, 0.1) is 22.7 Å². The van der Waals surface area contributed by atoms with Crippen LogP contribution in [-0.4, -0.2) is 64.4 Å². The van der Waals surface area contributed by atoms with Gasteiger partial charge in [-0.1, -0.05) is 23.2 Å². The summed E-state index contributed by atoms with van der Waals surface area (Å²) in [4.78, 5) is 32.6. The molecule has 0 bridgehead atoms. The first-order valence-corrected chi connectivity index (χ1v) is 19.9. The largest absolute Gasteiger partial charge is 0.480 e. The van der Waals surface area contributed by atoms with Crippen molar-refractivity contribution >= 4 is 23.2 Å². The standard InChI is InChI=1S/C23H21ClF3N5O4.C19H13ClF3N5O4/c1-22(2,3)35-11-14-7-16(30-31-20(14)34-4)10-32-12-29-19(23(25,26)27)18(21(32)33)36-17-6-13(9-28)5-15(24)8-17;1-31-17-11(8-29)4-13(26-27-17)7-28-9-25-16(19(21,22)23)15(18(28)30)32-14-3-10(6-24)2-12(20)5-14/h5-8,12H,10-11H2,1-4H3;2-5,9,29H,7-8H2,1H3. The highest BCUT2D eigenvalue weighted by Gasteiger charge is 2.40. The van der Waals surface area contributed by atoms with E-state index in [2.05, 4.69) is 30.4 Å². The average molecular weight is 992 g/mol. The number of rotatable bonds is 13. The molecule has 18 nitrogen and oxygen atoms in total. The van der Waals surface area contributed by atoms with Crippen LogP contribution in [-0.2, 0) is 43.4 Å². The van der Waals surface area contributed by atoms with E-state index in [0.29, 0.717) is 11.9 Å². The van der Waals surface area contributed by atoms with Gasteiger partial charge in [0.05, 0.1) is 93.4 Å². The summed E-state index contributed by atoms with van der Waals surface area (Å²) in [7, 11) is 2.73. The Balaban J connectivity index is 0.000000256. The number of halogens is 8. The Morgan fingerprint density at radius 3 is 1.43 bits per heavy atom. The van der Waals surface area contributed by atoms with E-state index in [0.717, 1.165) is 33.7 Å². The molecule has 356 valence electrons. The molecule has 0 atom stereocenters. The third kappa shape index (κ3) is 13.4. The minimum absolute atomic E-state index is 0.0234. The normalized spacial score (nSPS) is 11.5. The Bertz CT molecular complexity index is 3020. The molecule has 4 heterocycles. The topological polar surface area (TPSA) is 235 Å². The molecule has 26 heteroatoms. The van der Waals surface area contributed by atoms with E-state index in [9.17, 15) is 41.0 Å². The van der Waals surface area contributed by atoms with Gasteiger partial charge in [-0.3, -0.25) is 18.7 Å². The van der Waals surface area contributed by atoms with Crippen molar-refractivity contribution in [2.75, 3.05) is 14.2 Å². The van der Waals surface area contributed by atoms with Gasteiger partial charge in [0, 0.05) is 21.2 Å². The highest BCUT2D eigenvalue weighted by Crippen LogP contribution is 2.37. The number of hydrogen-bond donors (Lipinski definition) is 1. The average Bonchev–Trinajstić information content (AvgIpc) is 3.27. The lowest BCUT2D eigenvalue weighted by molar-refractivity contribution is -0.143. The highest BCUT2D eigenvalue weighted by atomic mass is 35.5. The van der Waals surface area contributed by atoms with Crippen LogP contribution in [0.25, 0.3) is 0 Å². The summed E-state index contributed by atoms with van der Waals surface area (Å²) < 4.78 is 109. The van der Waals surface area contributed by atoms with Crippen molar-refractivity contribution in [2.24, 2.45) is 0 Å². The summed E-state index contributed by atoms with van der Waals surface area (Å²) in [6, 6.07) is 13.7. The first-order chi connectivity index (χ1) is 32.0. The number of nitriles is 2. The van der Waals surface area contributed by atoms with Crippen LogP contribution in [0.3, 0.4) is 0 Å². The zero-order valence-corrected chi connectivity index (χ0v) is 37.4. The van der Waals surface area contributed by atoms with Crippen LogP contribution in [0.15, 0.2) is 70.8 Å². The van der Waals surface area contributed by atoms with Gasteiger partial charge in [0.15, 0.2) is 11.4 Å². The second-order valence-electron chi connectivity index (χ2n) is 14.8. The number of aromatic nitrogens is 8. The van der Waals surface area contributed by atoms with Crippen molar-refractivity contribution in [1.82, 2.24) is 39.5 Å². The monoisotopic (exact) mass is 990 g/mol. The first kappa shape index (κ1) is 51.6. The molecule has 2 aromatic carbocycles. The van der Waals surface area contributed by atoms with E-state index in [1.165, 1.54) is 38.5 Å². The van der Waals surface area contributed by atoms with Gasteiger partial charge < -0.3 is 28.8 Å². The smallest absolute Gasteiger partial charge is 0.437 e. The van der Waals surface area contributed by atoms with Gasteiger partial charge in [0.1, 0.15) is 11.5 Å². The maximum absolute atomic E-state index is 13.6. The Morgan fingerprint density at radius 1 is 0.647 bits per heavy atom. The Hall–Kier alpha value is -7.38. The summed E-state index contributed by atoms with van der Waals surface area (Å²) >= 11 is 11.8. The molecule has 0 amide bonds. The molecule has 6 aromatic rings. The van der Waals surface area contributed by atoms with Crippen molar-refractivity contribution in [1.29, 1.82) is 10.5 Å². The van der Waals surface area contributed by atoms with Gasteiger partial charge >= 0.3 is 12.4 Å². The lowest BCUT2D eigenvalue weighted by Gasteiger charge is -2.20. The second kappa shape index (κ2) is 21.5. The molecule has 0 aliphatic carbocycles.